The monoisotopic (exact) mass is 388 g/mol. The van der Waals surface area contributed by atoms with Gasteiger partial charge in [0.25, 0.3) is 0 Å². The molecule has 1 aromatic rings. The van der Waals surface area contributed by atoms with Gasteiger partial charge in [0, 0.05) is 13.0 Å². The molecule has 2 aliphatic heterocycles. The van der Waals surface area contributed by atoms with E-state index in [0.29, 0.717) is 19.4 Å². The minimum Gasteiger partial charge on any atom is -0.460 e. The Morgan fingerprint density at radius 3 is 2.71 bits per heavy atom. The largest absolute Gasteiger partial charge is 0.460 e. The maximum Gasteiger partial charge on any atom is 0.306 e. The van der Waals surface area contributed by atoms with Crippen molar-refractivity contribution in [3.05, 3.63) is 48.0 Å². The van der Waals surface area contributed by atoms with Crippen molar-refractivity contribution in [2.45, 2.75) is 82.4 Å². The van der Waals surface area contributed by atoms with Crippen LogP contribution in [-0.2, 0) is 25.6 Å². The number of rotatable bonds is 11. The smallest absolute Gasteiger partial charge is 0.306 e. The number of allylic oxidation sites excluding steroid dienone is 2. The molecule has 5 nitrogen and oxygen atoms in total. The predicted octanol–water partition coefficient (Wildman–Crippen LogP) is 3.93. The Kier molecular flexibility index (Phi) is 8.52. The number of esters is 1. The highest BCUT2D eigenvalue weighted by molar-refractivity contribution is 5.71. The summed E-state index contributed by atoms with van der Waals surface area (Å²) in [4.78, 5) is 11.2. The molecular weight excluding hydrogens is 356 g/mol. The summed E-state index contributed by atoms with van der Waals surface area (Å²) in [6, 6.07) is 10.2. The first-order valence-corrected chi connectivity index (χ1v) is 10.5. The van der Waals surface area contributed by atoms with E-state index in [2.05, 4.69) is 24.3 Å². The number of carbonyl (C=O) groups excluding carboxylic acids is 1. The van der Waals surface area contributed by atoms with Gasteiger partial charge in [0.2, 0.25) is 0 Å². The molecule has 1 N–H and O–H groups in total. The zero-order valence-corrected chi connectivity index (χ0v) is 16.5. The third-order valence-corrected chi connectivity index (χ3v) is 5.41. The van der Waals surface area contributed by atoms with Crippen molar-refractivity contribution in [3.63, 3.8) is 0 Å². The highest BCUT2D eigenvalue weighted by atomic mass is 16.6. The molecular formula is C23H32O5. The van der Waals surface area contributed by atoms with Gasteiger partial charge >= 0.3 is 5.97 Å². The number of carbonyl (C=O) groups is 1. The maximum absolute atomic E-state index is 11.2. The van der Waals surface area contributed by atoms with Crippen molar-refractivity contribution in [2.75, 3.05) is 6.61 Å². The van der Waals surface area contributed by atoms with E-state index < -0.39 is 6.10 Å². The first-order chi connectivity index (χ1) is 13.7. The molecule has 0 spiro atoms. The number of aliphatic hydroxyl groups excluding tert-OH is 1. The zero-order chi connectivity index (χ0) is 19.6. The fraction of sp³-hybridized carbons (Fsp3) is 0.609. The SMILES string of the molecule is O=C1CC[C@H]([C@H]2CC[C@@H]([C@H](O)CC/C=C/CCCOCc3ccccc3)O2)O1. The molecule has 154 valence electrons. The number of unbranched alkanes of at least 4 members (excludes halogenated alkanes) is 1. The van der Waals surface area contributed by atoms with Gasteiger partial charge in [-0.15, -0.1) is 0 Å². The van der Waals surface area contributed by atoms with E-state index in [4.69, 9.17) is 14.2 Å². The Morgan fingerprint density at radius 1 is 1.11 bits per heavy atom. The van der Waals surface area contributed by atoms with Crippen molar-refractivity contribution in [1.29, 1.82) is 0 Å². The molecule has 2 fully saturated rings. The third-order valence-electron chi connectivity index (χ3n) is 5.41. The summed E-state index contributed by atoms with van der Waals surface area (Å²) in [5, 5.41) is 10.4. The average molecular weight is 389 g/mol. The molecule has 5 heteroatoms. The Morgan fingerprint density at radius 2 is 1.93 bits per heavy atom. The summed E-state index contributed by atoms with van der Waals surface area (Å²) in [6.45, 7) is 1.42. The van der Waals surface area contributed by atoms with Crippen LogP contribution in [0.25, 0.3) is 0 Å². The molecule has 3 rings (SSSR count). The summed E-state index contributed by atoms with van der Waals surface area (Å²) >= 11 is 0. The minimum atomic E-state index is -0.457. The van der Waals surface area contributed by atoms with Crippen LogP contribution in [0.15, 0.2) is 42.5 Å². The van der Waals surface area contributed by atoms with Crippen molar-refractivity contribution < 1.29 is 24.1 Å². The Bertz CT molecular complexity index is 615. The van der Waals surface area contributed by atoms with Gasteiger partial charge < -0.3 is 19.3 Å². The Balaban J connectivity index is 1.20. The van der Waals surface area contributed by atoms with E-state index in [0.717, 1.165) is 45.1 Å². The summed E-state index contributed by atoms with van der Waals surface area (Å²) in [6.07, 6.45) is 9.99. The van der Waals surface area contributed by atoms with E-state index in [9.17, 15) is 9.90 Å². The van der Waals surface area contributed by atoms with Gasteiger partial charge in [0.15, 0.2) is 0 Å². The normalized spacial score (nSPS) is 26.0. The van der Waals surface area contributed by atoms with Crippen molar-refractivity contribution in [2.24, 2.45) is 0 Å². The average Bonchev–Trinajstić information content (AvgIpc) is 3.36. The highest BCUT2D eigenvalue weighted by Crippen LogP contribution is 2.31. The van der Waals surface area contributed by atoms with Gasteiger partial charge in [-0.05, 0) is 50.5 Å². The molecule has 0 aliphatic carbocycles. The van der Waals surface area contributed by atoms with E-state index in [1.165, 1.54) is 5.56 Å². The second-order valence-corrected chi connectivity index (χ2v) is 7.65. The number of cyclic esters (lactones) is 1. The van der Waals surface area contributed by atoms with Gasteiger partial charge in [0.1, 0.15) is 6.10 Å². The Hall–Kier alpha value is -1.69. The van der Waals surface area contributed by atoms with Gasteiger partial charge in [-0.3, -0.25) is 4.79 Å². The number of benzene rings is 1. The van der Waals surface area contributed by atoms with Crippen LogP contribution in [0.1, 0.15) is 56.9 Å². The lowest BCUT2D eigenvalue weighted by Gasteiger charge is -2.21. The van der Waals surface area contributed by atoms with E-state index >= 15 is 0 Å². The number of hydrogen-bond donors (Lipinski definition) is 1. The lowest BCUT2D eigenvalue weighted by molar-refractivity contribution is -0.148. The molecule has 0 unspecified atom stereocenters. The number of hydrogen-bond acceptors (Lipinski definition) is 5. The summed E-state index contributed by atoms with van der Waals surface area (Å²) in [5.41, 5.74) is 1.20. The molecule has 2 saturated heterocycles. The van der Waals surface area contributed by atoms with Gasteiger partial charge in [-0.1, -0.05) is 42.5 Å². The van der Waals surface area contributed by atoms with Gasteiger partial charge in [-0.25, -0.2) is 0 Å². The molecule has 0 saturated carbocycles. The first-order valence-electron chi connectivity index (χ1n) is 10.5. The molecule has 0 bridgehead atoms. The predicted molar refractivity (Wildman–Crippen MR) is 107 cm³/mol. The van der Waals surface area contributed by atoms with Crippen LogP contribution >= 0.6 is 0 Å². The Labute approximate surface area is 167 Å². The molecule has 0 aromatic heterocycles. The first kappa shape index (κ1) is 21.0. The van der Waals surface area contributed by atoms with Gasteiger partial charge in [0.05, 0.1) is 24.9 Å². The van der Waals surface area contributed by atoms with Crippen molar-refractivity contribution in [3.8, 4) is 0 Å². The van der Waals surface area contributed by atoms with Crippen molar-refractivity contribution in [1.82, 2.24) is 0 Å². The van der Waals surface area contributed by atoms with Crippen LogP contribution in [0.3, 0.4) is 0 Å². The van der Waals surface area contributed by atoms with Crippen LogP contribution in [0.4, 0.5) is 0 Å². The van der Waals surface area contributed by atoms with Crippen molar-refractivity contribution >= 4 is 5.97 Å². The fourth-order valence-electron chi connectivity index (χ4n) is 3.81. The second-order valence-electron chi connectivity index (χ2n) is 7.65. The second kappa shape index (κ2) is 11.3. The fourth-order valence-corrected chi connectivity index (χ4v) is 3.81. The van der Waals surface area contributed by atoms with Crippen LogP contribution in [0, 0.1) is 0 Å². The molecule has 0 radical (unpaired) electrons. The third kappa shape index (κ3) is 6.73. The molecule has 4 atom stereocenters. The van der Waals surface area contributed by atoms with Crippen LogP contribution < -0.4 is 0 Å². The molecule has 1 aromatic carbocycles. The summed E-state index contributed by atoms with van der Waals surface area (Å²) in [7, 11) is 0. The van der Waals surface area contributed by atoms with E-state index in [-0.39, 0.29) is 24.3 Å². The zero-order valence-electron chi connectivity index (χ0n) is 16.5. The number of aliphatic hydroxyl groups is 1. The summed E-state index contributed by atoms with van der Waals surface area (Å²) < 4.78 is 16.9. The summed E-state index contributed by atoms with van der Waals surface area (Å²) in [5.74, 6) is -0.131. The molecule has 2 aliphatic rings. The minimum absolute atomic E-state index is 0.0440. The number of ether oxygens (including phenoxy) is 3. The molecule has 2 heterocycles. The molecule has 0 amide bonds. The maximum atomic E-state index is 11.2. The van der Waals surface area contributed by atoms with Crippen LogP contribution in [0.2, 0.25) is 0 Å². The lowest BCUT2D eigenvalue weighted by atomic mass is 10.0. The lowest BCUT2D eigenvalue weighted by Crippen LogP contribution is -2.30. The van der Waals surface area contributed by atoms with Gasteiger partial charge in [-0.2, -0.15) is 0 Å². The van der Waals surface area contributed by atoms with Crippen LogP contribution in [-0.4, -0.2) is 42.1 Å². The standard InChI is InChI=1S/C23H32O5/c24-19(20-12-13-21(27-20)22-14-15-23(25)28-22)11-7-2-1-3-8-16-26-17-18-9-5-4-6-10-18/h1-2,4-6,9-10,19-22,24H,3,7-8,11-17H2/b2-1+/t19-,20+,21-,22-/m1/s1. The molecule has 28 heavy (non-hydrogen) atoms. The highest BCUT2D eigenvalue weighted by Gasteiger charge is 2.39. The van der Waals surface area contributed by atoms with Crippen LogP contribution in [0.5, 0.6) is 0 Å². The quantitative estimate of drug-likeness (QED) is 0.353. The van der Waals surface area contributed by atoms with E-state index in [1.807, 2.05) is 18.2 Å². The van der Waals surface area contributed by atoms with E-state index in [1.54, 1.807) is 0 Å². The topological polar surface area (TPSA) is 65.0 Å².